The summed E-state index contributed by atoms with van der Waals surface area (Å²) < 4.78 is 4.63. The van der Waals surface area contributed by atoms with Crippen LogP contribution >= 0.6 is 0 Å². The number of ether oxygens (including phenoxy) is 1. The van der Waals surface area contributed by atoms with E-state index in [2.05, 4.69) is 4.74 Å². The first-order valence-electron chi connectivity index (χ1n) is 3.83. The lowest BCUT2D eigenvalue weighted by Crippen LogP contribution is -2.43. The third-order valence-corrected chi connectivity index (χ3v) is 1.19. The van der Waals surface area contributed by atoms with Crippen molar-refractivity contribution in [2.75, 3.05) is 6.61 Å². The molecule has 2 amide bonds. The minimum atomic E-state index is -1.16. The third kappa shape index (κ3) is 5.95. The summed E-state index contributed by atoms with van der Waals surface area (Å²) in [4.78, 5) is 31.4. The van der Waals surface area contributed by atoms with Crippen LogP contribution in [0.5, 0.6) is 0 Å². The Kier molecular flexibility index (Phi) is 5.23. The molecule has 14 heavy (non-hydrogen) atoms. The maximum Gasteiger partial charge on any atom is 0.332 e. The molecule has 7 nitrogen and oxygen atoms in total. The number of aliphatic carboxylic acids is 1. The summed E-state index contributed by atoms with van der Waals surface area (Å²) in [5, 5.41) is 8.39. The molecule has 0 saturated carbocycles. The van der Waals surface area contributed by atoms with Crippen molar-refractivity contribution in [2.24, 2.45) is 0 Å². The van der Waals surface area contributed by atoms with Gasteiger partial charge in [0.15, 0.2) is 6.10 Å². The first-order chi connectivity index (χ1) is 6.43. The summed E-state index contributed by atoms with van der Waals surface area (Å²) in [6, 6.07) is 0. The monoisotopic (exact) mass is 204 g/mol. The van der Waals surface area contributed by atoms with Crippen molar-refractivity contribution in [3.05, 3.63) is 0 Å². The van der Waals surface area contributed by atoms with Gasteiger partial charge in [-0.1, -0.05) is 0 Å². The Balaban J connectivity index is 3.64. The van der Waals surface area contributed by atoms with Gasteiger partial charge in [-0.2, -0.15) is 0 Å². The molecule has 7 heteroatoms. The zero-order valence-electron chi connectivity index (χ0n) is 7.86. The predicted octanol–water partition coefficient (Wildman–Crippen LogP) is -1.36. The van der Waals surface area contributed by atoms with Crippen LogP contribution in [0.3, 0.4) is 0 Å². The van der Waals surface area contributed by atoms with Crippen molar-refractivity contribution in [3.63, 3.8) is 0 Å². The predicted molar refractivity (Wildman–Crippen MR) is 45.0 cm³/mol. The molecule has 0 aromatic rings. The number of amides is 2. The van der Waals surface area contributed by atoms with Gasteiger partial charge in [0.2, 0.25) is 5.91 Å². The highest BCUT2D eigenvalue weighted by Gasteiger charge is 2.12. The number of nitrogens with one attached hydrogen (secondary N) is 2. The zero-order chi connectivity index (χ0) is 11.1. The minimum Gasteiger partial charge on any atom is -0.479 e. The molecule has 0 aliphatic carbocycles. The Hall–Kier alpha value is -1.63. The van der Waals surface area contributed by atoms with Crippen LogP contribution in [0.2, 0.25) is 0 Å². The maximum atomic E-state index is 10.8. The molecule has 80 valence electrons. The fourth-order valence-electron chi connectivity index (χ4n) is 0.466. The second-order valence-electron chi connectivity index (χ2n) is 2.52. The minimum absolute atomic E-state index is 0.423. The van der Waals surface area contributed by atoms with Crippen LogP contribution in [0.4, 0.5) is 0 Å². The van der Waals surface area contributed by atoms with Gasteiger partial charge in [0.1, 0.15) is 6.61 Å². The zero-order valence-corrected chi connectivity index (χ0v) is 7.86. The van der Waals surface area contributed by atoms with E-state index in [1.54, 1.807) is 0 Å². The van der Waals surface area contributed by atoms with Crippen LogP contribution in [0.15, 0.2) is 0 Å². The molecule has 0 fully saturated rings. The molecule has 0 aliphatic rings. The average molecular weight is 204 g/mol. The highest BCUT2D eigenvalue weighted by Crippen LogP contribution is 1.88. The summed E-state index contributed by atoms with van der Waals surface area (Å²) in [5.41, 5.74) is 4.05. The second kappa shape index (κ2) is 5.92. The van der Waals surface area contributed by atoms with Crippen molar-refractivity contribution in [2.45, 2.75) is 20.0 Å². The number of hydrogen-bond acceptors (Lipinski definition) is 4. The Morgan fingerprint density at radius 3 is 2.36 bits per heavy atom. The van der Waals surface area contributed by atoms with Crippen molar-refractivity contribution in [3.8, 4) is 0 Å². The third-order valence-electron chi connectivity index (χ3n) is 1.19. The number of hydrogen-bond donors (Lipinski definition) is 3. The van der Waals surface area contributed by atoms with E-state index in [0.717, 1.165) is 0 Å². The van der Waals surface area contributed by atoms with Crippen LogP contribution in [-0.4, -0.2) is 35.6 Å². The van der Waals surface area contributed by atoms with Gasteiger partial charge in [0, 0.05) is 6.92 Å². The topological polar surface area (TPSA) is 105 Å². The molecule has 0 radical (unpaired) electrons. The number of carboxylic acid groups (broad SMARTS) is 1. The molecule has 0 aromatic heterocycles. The molecule has 0 rings (SSSR count). The van der Waals surface area contributed by atoms with Crippen molar-refractivity contribution in [1.29, 1.82) is 0 Å². The van der Waals surface area contributed by atoms with Gasteiger partial charge in [-0.3, -0.25) is 20.4 Å². The number of hydrazine groups is 1. The standard InChI is InChI=1S/C7H12N2O5/c1-4(7(12)13)14-3-6(11)9-8-5(2)10/h4H,3H2,1-2H3,(H,8,10)(H,9,11)(H,12,13). The van der Waals surface area contributed by atoms with Crippen molar-refractivity contribution >= 4 is 17.8 Å². The van der Waals surface area contributed by atoms with Crippen LogP contribution in [-0.2, 0) is 19.1 Å². The second-order valence-corrected chi connectivity index (χ2v) is 2.52. The van der Waals surface area contributed by atoms with Gasteiger partial charge in [-0.05, 0) is 6.92 Å². The number of carboxylic acids is 1. The average Bonchev–Trinajstić information content (AvgIpc) is 2.10. The SMILES string of the molecule is CC(=O)NNC(=O)COC(C)C(=O)O. The lowest BCUT2D eigenvalue weighted by Gasteiger charge is -2.08. The fraction of sp³-hybridized carbons (Fsp3) is 0.571. The van der Waals surface area contributed by atoms with E-state index in [-0.39, 0.29) is 0 Å². The quantitative estimate of drug-likeness (QED) is 0.491. The van der Waals surface area contributed by atoms with Crippen LogP contribution in [0.1, 0.15) is 13.8 Å². The summed E-state index contributed by atoms with van der Waals surface area (Å²) in [7, 11) is 0. The molecular formula is C7H12N2O5. The van der Waals surface area contributed by atoms with Crippen LogP contribution in [0.25, 0.3) is 0 Å². The van der Waals surface area contributed by atoms with E-state index < -0.39 is 30.5 Å². The Bertz CT molecular complexity index is 240. The lowest BCUT2D eigenvalue weighted by atomic mass is 10.4. The largest absolute Gasteiger partial charge is 0.479 e. The normalized spacial score (nSPS) is 11.6. The molecule has 0 heterocycles. The summed E-state index contributed by atoms with van der Waals surface area (Å²) in [5.74, 6) is -2.20. The van der Waals surface area contributed by atoms with Crippen LogP contribution < -0.4 is 10.9 Å². The van der Waals surface area contributed by atoms with E-state index in [1.807, 2.05) is 10.9 Å². The summed E-state index contributed by atoms with van der Waals surface area (Å²) >= 11 is 0. The van der Waals surface area contributed by atoms with Crippen molar-refractivity contribution < 1.29 is 24.2 Å². The summed E-state index contributed by atoms with van der Waals surface area (Å²) in [6.45, 7) is 2.10. The molecular weight excluding hydrogens is 192 g/mol. The highest BCUT2D eigenvalue weighted by atomic mass is 16.5. The van der Waals surface area contributed by atoms with Crippen LogP contribution in [0, 0.1) is 0 Å². The van der Waals surface area contributed by atoms with E-state index >= 15 is 0 Å². The van der Waals surface area contributed by atoms with E-state index in [4.69, 9.17) is 5.11 Å². The number of carbonyl (C=O) groups excluding carboxylic acids is 2. The molecule has 0 saturated heterocycles. The van der Waals surface area contributed by atoms with Gasteiger partial charge >= 0.3 is 5.97 Å². The molecule has 0 aromatic carbocycles. The molecule has 1 atom stereocenters. The smallest absolute Gasteiger partial charge is 0.332 e. The Labute approximate surface area is 80.4 Å². The first-order valence-corrected chi connectivity index (χ1v) is 3.83. The first kappa shape index (κ1) is 12.4. The molecule has 1 unspecified atom stereocenters. The fourth-order valence-corrected chi connectivity index (χ4v) is 0.466. The Morgan fingerprint density at radius 2 is 1.93 bits per heavy atom. The number of carbonyl (C=O) groups is 3. The van der Waals surface area contributed by atoms with Crippen molar-refractivity contribution in [1.82, 2.24) is 10.9 Å². The molecule has 3 N–H and O–H groups in total. The van der Waals surface area contributed by atoms with Gasteiger partial charge in [0.25, 0.3) is 5.91 Å². The molecule has 0 bridgehead atoms. The van der Waals surface area contributed by atoms with E-state index in [9.17, 15) is 14.4 Å². The Morgan fingerprint density at radius 1 is 1.36 bits per heavy atom. The summed E-state index contributed by atoms with van der Waals surface area (Å²) in [6.07, 6.45) is -1.06. The highest BCUT2D eigenvalue weighted by molar-refractivity contribution is 5.81. The van der Waals surface area contributed by atoms with Gasteiger partial charge < -0.3 is 9.84 Å². The number of rotatable bonds is 4. The maximum absolute atomic E-state index is 10.8. The lowest BCUT2D eigenvalue weighted by molar-refractivity contribution is -0.151. The van der Waals surface area contributed by atoms with Gasteiger partial charge in [-0.25, -0.2) is 4.79 Å². The van der Waals surface area contributed by atoms with Gasteiger partial charge in [0.05, 0.1) is 0 Å². The molecule has 0 spiro atoms. The van der Waals surface area contributed by atoms with E-state index in [1.165, 1.54) is 13.8 Å². The molecule has 0 aliphatic heterocycles. The van der Waals surface area contributed by atoms with Gasteiger partial charge in [-0.15, -0.1) is 0 Å². The van der Waals surface area contributed by atoms with E-state index in [0.29, 0.717) is 0 Å².